The van der Waals surface area contributed by atoms with E-state index in [0.717, 1.165) is 5.01 Å². The van der Waals surface area contributed by atoms with Crippen molar-refractivity contribution in [1.82, 2.24) is 4.98 Å². The first-order chi connectivity index (χ1) is 10.6. The van der Waals surface area contributed by atoms with E-state index in [4.69, 9.17) is 10.3 Å². The third-order valence-corrected chi connectivity index (χ3v) is 4.09. The zero-order valence-electron chi connectivity index (χ0n) is 11.8. The number of fused-ring (bicyclic) bond motifs is 1. The predicted molar refractivity (Wildman–Crippen MR) is 81.4 cm³/mol. The number of nitrogens with zero attached hydrogens (tertiary/aromatic N) is 3. The SMILES string of the molecule is Cc1nc(-c2coc3cc(C)c(N=O)c([O-])c3c2=NN)cs1. The van der Waals surface area contributed by atoms with Gasteiger partial charge in [-0.05, 0) is 30.7 Å². The molecule has 1 aromatic carbocycles. The molecule has 8 heteroatoms. The molecule has 3 aromatic rings. The largest absolute Gasteiger partial charge is 0.870 e. The lowest BCUT2D eigenvalue weighted by Crippen LogP contribution is -2.13. The van der Waals surface area contributed by atoms with Gasteiger partial charge in [-0.15, -0.1) is 16.2 Å². The lowest BCUT2D eigenvalue weighted by Gasteiger charge is -2.15. The Labute approximate surface area is 128 Å². The summed E-state index contributed by atoms with van der Waals surface area (Å²) < 4.78 is 5.52. The Hall–Kier alpha value is -2.74. The Morgan fingerprint density at radius 1 is 1.41 bits per heavy atom. The number of aromatic nitrogens is 1. The van der Waals surface area contributed by atoms with Gasteiger partial charge in [-0.25, -0.2) is 4.98 Å². The van der Waals surface area contributed by atoms with Crippen molar-refractivity contribution in [2.45, 2.75) is 13.8 Å². The van der Waals surface area contributed by atoms with Crippen LogP contribution in [0.3, 0.4) is 0 Å². The normalized spacial score (nSPS) is 12.0. The van der Waals surface area contributed by atoms with E-state index in [2.05, 4.69) is 15.3 Å². The van der Waals surface area contributed by atoms with Crippen LogP contribution in [0.15, 0.2) is 32.4 Å². The van der Waals surface area contributed by atoms with Gasteiger partial charge in [0.05, 0.1) is 16.3 Å². The first-order valence-corrected chi connectivity index (χ1v) is 7.20. The molecule has 0 aliphatic carbocycles. The van der Waals surface area contributed by atoms with Crippen LogP contribution in [0.1, 0.15) is 10.6 Å². The smallest absolute Gasteiger partial charge is 0.135 e. The Morgan fingerprint density at radius 2 is 2.18 bits per heavy atom. The van der Waals surface area contributed by atoms with Gasteiger partial charge < -0.3 is 15.4 Å². The van der Waals surface area contributed by atoms with Crippen molar-refractivity contribution in [1.29, 1.82) is 0 Å². The lowest BCUT2D eigenvalue weighted by molar-refractivity contribution is -0.264. The molecule has 0 spiro atoms. The quantitative estimate of drug-likeness (QED) is 0.442. The van der Waals surface area contributed by atoms with Crippen molar-refractivity contribution >= 4 is 28.0 Å². The topological polar surface area (TPSA) is 117 Å². The lowest BCUT2D eigenvalue weighted by atomic mass is 10.1. The van der Waals surface area contributed by atoms with Crippen LogP contribution in [0.4, 0.5) is 5.69 Å². The maximum absolute atomic E-state index is 12.5. The van der Waals surface area contributed by atoms with Gasteiger partial charge in [-0.1, -0.05) is 5.75 Å². The van der Waals surface area contributed by atoms with Crippen LogP contribution in [0.25, 0.3) is 22.2 Å². The number of rotatable bonds is 2. The minimum Gasteiger partial charge on any atom is -0.870 e. The Morgan fingerprint density at radius 3 is 2.77 bits per heavy atom. The van der Waals surface area contributed by atoms with Crippen molar-refractivity contribution in [2.75, 3.05) is 0 Å². The third kappa shape index (κ3) is 2.04. The van der Waals surface area contributed by atoms with Gasteiger partial charge in [-0.3, -0.25) is 0 Å². The molecule has 7 nitrogen and oxygen atoms in total. The number of nitroso groups, excluding NO2 is 1. The van der Waals surface area contributed by atoms with Gasteiger partial charge in [0.15, 0.2) is 0 Å². The summed E-state index contributed by atoms with van der Waals surface area (Å²) in [6.45, 7) is 3.48. The summed E-state index contributed by atoms with van der Waals surface area (Å²) in [6.07, 6.45) is 1.45. The summed E-state index contributed by atoms with van der Waals surface area (Å²) >= 11 is 1.46. The number of thiazole rings is 1. The van der Waals surface area contributed by atoms with Gasteiger partial charge in [0.25, 0.3) is 0 Å². The number of aryl methyl sites for hydroxylation is 2. The number of hydrogen-bond donors (Lipinski definition) is 1. The minimum atomic E-state index is -0.549. The second-order valence-electron chi connectivity index (χ2n) is 4.71. The van der Waals surface area contributed by atoms with E-state index in [1.807, 2.05) is 12.3 Å². The molecule has 2 N–H and O–H groups in total. The molecule has 0 radical (unpaired) electrons. The van der Waals surface area contributed by atoms with Crippen molar-refractivity contribution in [3.8, 4) is 17.0 Å². The van der Waals surface area contributed by atoms with E-state index in [-0.39, 0.29) is 16.4 Å². The van der Waals surface area contributed by atoms with Crippen LogP contribution in [0, 0.1) is 18.8 Å². The minimum absolute atomic E-state index is 0.130. The van der Waals surface area contributed by atoms with Gasteiger partial charge in [0.1, 0.15) is 22.9 Å². The molecule has 0 unspecified atom stereocenters. The number of nitrogens with two attached hydrogens (primary N) is 1. The first kappa shape index (κ1) is 14.2. The molecule has 0 aliphatic heterocycles. The monoisotopic (exact) mass is 315 g/mol. The van der Waals surface area contributed by atoms with Gasteiger partial charge in [0.2, 0.25) is 0 Å². The zero-order chi connectivity index (χ0) is 15.9. The van der Waals surface area contributed by atoms with Crippen molar-refractivity contribution in [3.05, 3.63) is 38.5 Å². The van der Waals surface area contributed by atoms with E-state index in [1.165, 1.54) is 17.6 Å². The van der Waals surface area contributed by atoms with E-state index < -0.39 is 5.75 Å². The van der Waals surface area contributed by atoms with Crippen molar-refractivity contribution < 1.29 is 9.52 Å². The molecule has 2 heterocycles. The van der Waals surface area contributed by atoms with E-state index in [9.17, 15) is 10.0 Å². The first-order valence-electron chi connectivity index (χ1n) is 6.32. The van der Waals surface area contributed by atoms with Crippen LogP contribution in [-0.2, 0) is 0 Å². The molecule has 112 valence electrons. The molecular weight excluding hydrogens is 304 g/mol. The molecule has 0 atom stereocenters. The fourth-order valence-corrected chi connectivity index (χ4v) is 2.91. The van der Waals surface area contributed by atoms with Gasteiger partial charge in [-0.2, -0.15) is 5.10 Å². The molecule has 0 amide bonds. The summed E-state index contributed by atoms with van der Waals surface area (Å²) in [6, 6.07) is 1.57. The molecule has 22 heavy (non-hydrogen) atoms. The summed E-state index contributed by atoms with van der Waals surface area (Å²) in [5.74, 6) is 4.92. The maximum atomic E-state index is 12.5. The van der Waals surface area contributed by atoms with Crippen LogP contribution >= 0.6 is 11.3 Å². The van der Waals surface area contributed by atoms with E-state index >= 15 is 0 Å². The Kier molecular flexibility index (Phi) is 3.38. The van der Waals surface area contributed by atoms with Crippen LogP contribution in [-0.4, -0.2) is 4.98 Å². The number of hydrogen-bond acceptors (Lipinski definition) is 8. The average molecular weight is 315 g/mol. The summed E-state index contributed by atoms with van der Waals surface area (Å²) in [7, 11) is 0. The molecular formula is C14H11N4O3S-. The van der Waals surface area contributed by atoms with Crippen LogP contribution < -0.4 is 16.3 Å². The molecule has 3 rings (SSSR count). The molecule has 0 fully saturated rings. The standard InChI is InChI=1S/C14H12N4O3S/c1-6-3-10-11(14(19)12(6)18-20)13(17-15)8(4-21-10)9-5-22-7(2)16-9/h3-5,19H,15H2,1-2H3/p-1. The Balaban J connectivity index is 2.46. The van der Waals surface area contributed by atoms with Crippen molar-refractivity contribution in [2.24, 2.45) is 16.1 Å². The van der Waals surface area contributed by atoms with Crippen LogP contribution in [0.2, 0.25) is 0 Å². The van der Waals surface area contributed by atoms with E-state index in [0.29, 0.717) is 22.4 Å². The Bertz CT molecular complexity index is 959. The van der Waals surface area contributed by atoms with Crippen molar-refractivity contribution in [3.63, 3.8) is 0 Å². The van der Waals surface area contributed by atoms with Crippen LogP contribution in [0.5, 0.6) is 5.75 Å². The highest BCUT2D eigenvalue weighted by molar-refractivity contribution is 7.09. The fraction of sp³-hybridized carbons (Fsp3) is 0.143. The average Bonchev–Trinajstić information content (AvgIpc) is 2.92. The third-order valence-electron chi connectivity index (χ3n) is 3.32. The molecule has 0 bridgehead atoms. The zero-order valence-corrected chi connectivity index (χ0v) is 12.6. The summed E-state index contributed by atoms with van der Waals surface area (Å²) in [4.78, 5) is 15.2. The fourth-order valence-electron chi connectivity index (χ4n) is 2.29. The summed E-state index contributed by atoms with van der Waals surface area (Å²) in [5, 5.41) is 22.0. The second kappa shape index (κ2) is 5.23. The highest BCUT2D eigenvalue weighted by atomic mass is 32.1. The highest BCUT2D eigenvalue weighted by Crippen LogP contribution is 2.35. The predicted octanol–water partition coefficient (Wildman–Crippen LogP) is 2.42. The summed E-state index contributed by atoms with van der Waals surface area (Å²) in [5.41, 5.74) is 1.68. The number of benzene rings is 1. The van der Waals surface area contributed by atoms with E-state index in [1.54, 1.807) is 13.0 Å². The van der Waals surface area contributed by atoms with Gasteiger partial charge in [0, 0.05) is 10.8 Å². The molecule has 0 saturated carbocycles. The highest BCUT2D eigenvalue weighted by Gasteiger charge is 2.14. The molecule has 2 aromatic heterocycles. The molecule has 0 aliphatic rings. The van der Waals surface area contributed by atoms with Gasteiger partial charge >= 0.3 is 0 Å². The molecule has 0 saturated heterocycles. The second-order valence-corrected chi connectivity index (χ2v) is 5.78. The maximum Gasteiger partial charge on any atom is 0.135 e.